The zero-order valence-corrected chi connectivity index (χ0v) is 6.92. The van der Waals surface area contributed by atoms with Crippen molar-refractivity contribution < 1.29 is 5.11 Å². The summed E-state index contributed by atoms with van der Waals surface area (Å²) in [5, 5.41) is 9.44. The molecule has 0 saturated heterocycles. The molecule has 0 aliphatic carbocycles. The molecule has 0 heterocycles. The quantitative estimate of drug-likeness (QED) is 0.355. The van der Waals surface area contributed by atoms with Crippen LogP contribution in [0.1, 0.15) is 6.42 Å². The van der Waals surface area contributed by atoms with Crippen molar-refractivity contribution >= 4 is 15.0 Å². The van der Waals surface area contributed by atoms with Crippen LogP contribution in [0.5, 0.6) is 0 Å². The van der Waals surface area contributed by atoms with Gasteiger partial charge in [-0.05, 0) is 0 Å². The SMILES string of the molecule is C#C[Se]CCC(N)CO. The molecule has 0 rings (SSSR count). The number of hydrogen-bond donors (Lipinski definition) is 2. The fourth-order valence-electron chi connectivity index (χ4n) is 0.361. The Bertz CT molecular complexity index is 99.7. The van der Waals surface area contributed by atoms with Gasteiger partial charge in [-0.3, -0.25) is 0 Å². The summed E-state index contributed by atoms with van der Waals surface area (Å²) in [7, 11) is 0. The molecule has 0 aliphatic heterocycles. The first-order valence-electron chi connectivity index (χ1n) is 2.75. The molecular formula is C6H11NOSe. The Morgan fingerprint density at radius 2 is 2.44 bits per heavy atom. The van der Waals surface area contributed by atoms with E-state index in [-0.39, 0.29) is 27.6 Å². The van der Waals surface area contributed by atoms with Crippen LogP contribution in [0.2, 0.25) is 5.32 Å². The standard InChI is InChI=1S/C6H11NOSe/c1-2-9-4-3-6(7)5-8/h1,6,8H,3-5,7H2. The van der Waals surface area contributed by atoms with Crippen LogP contribution in [0.25, 0.3) is 0 Å². The van der Waals surface area contributed by atoms with E-state index in [4.69, 9.17) is 17.3 Å². The fourth-order valence-corrected chi connectivity index (χ4v) is 1.49. The van der Waals surface area contributed by atoms with E-state index in [1.54, 1.807) is 0 Å². The van der Waals surface area contributed by atoms with Crippen LogP contribution in [0.15, 0.2) is 0 Å². The molecule has 0 saturated carbocycles. The van der Waals surface area contributed by atoms with Gasteiger partial charge in [0.25, 0.3) is 0 Å². The van der Waals surface area contributed by atoms with E-state index in [0.29, 0.717) is 0 Å². The Morgan fingerprint density at radius 1 is 1.78 bits per heavy atom. The molecule has 0 aliphatic rings. The van der Waals surface area contributed by atoms with Crippen molar-refractivity contribution in [3.8, 4) is 11.2 Å². The second-order valence-corrected chi connectivity index (χ2v) is 3.65. The van der Waals surface area contributed by atoms with Gasteiger partial charge in [0.1, 0.15) is 0 Å². The molecule has 52 valence electrons. The van der Waals surface area contributed by atoms with E-state index < -0.39 is 0 Å². The Kier molecular flexibility index (Phi) is 6.12. The predicted octanol–water partition coefficient (Wildman–Crippen LogP) is -0.591. The van der Waals surface area contributed by atoms with Crippen LogP contribution in [-0.2, 0) is 0 Å². The number of aliphatic hydroxyl groups excluding tert-OH is 1. The minimum absolute atomic E-state index is 0.0692. The average molecular weight is 192 g/mol. The summed E-state index contributed by atoms with van der Waals surface area (Å²) < 4.78 is 0. The zero-order valence-electron chi connectivity index (χ0n) is 5.21. The summed E-state index contributed by atoms with van der Waals surface area (Å²) in [6, 6.07) is -0.0692. The average Bonchev–Trinajstić information content (AvgIpc) is 1.89. The summed E-state index contributed by atoms with van der Waals surface area (Å²) >= 11 is 0.285. The van der Waals surface area contributed by atoms with E-state index in [1.807, 2.05) is 0 Å². The first-order valence-corrected chi connectivity index (χ1v) is 4.82. The molecule has 9 heavy (non-hydrogen) atoms. The topological polar surface area (TPSA) is 46.2 Å². The monoisotopic (exact) mass is 193 g/mol. The zero-order chi connectivity index (χ0) is 7.11. The third-order valence-corrected chi connectivity index (χ3v) is 2.18. The van der Waals surface area contributed by atoms with Gasteiger partial charge in [-0.25, -0.2) is 0 Å². The molecule has 0 aromatic heterocycles. The molecule has 1 unspecified atom stereocenters. The van der Waals surface area contributed by atoms with E-state index >= 15 is 0 Å². The number of hydrogen-bond acceptors (Lipinski definition) is 2. The Hall–Kier alpha value is -0.000519. The normalized spacial score (nSPS) is 12.6. The van der Waals surface area contributed by atoms with Crippen molar-refractivity contribution in [2.24, 2.45) is 5.73 Å². The van der Waals surface area contributed by atoms with E-state index in [0.717, 1.165) is 11.7 Å². The van der Waals surface area contributed by atoms with Gasteiger partial charge in [-0.15, -0.1) is 0 Å². The molecule has 0 aromatic carbocycles. The Balaban J connectivity index is 2.99. The summed E-state index contributed by atoms with van der Waals surface area (Å²) in [5.74, 6) is 0. The van der Waals surface area contributed by atoms with Gasteiger partial charge in [-0.2, -0.15) is 0 Å². The summed E-state index contributed by atoms with van der Waals surface area (Å²) in [5.41, 5.74) is 5.41. The molecule has 2 nitrogen and oxygen atoms in total. The second kappa shape index (κ2) is 6.12. The summed E-state index contributed by atoms with van der Waals surface area (Å²) in [6.45, 7) is 0.0701. The maximum absolute atomic E-state index is 8.46. The van der Waals surface area contributed by atoms with Crippen LogP contribution in [-0.4, -0.2) is 32.7 Å². The van der Waals surface area contributed by atoms with E-state index in [9.17, 15) is 0 Å². The Labute approximate surface area is 62.0 Å². The first kappa shape index (κ1) is 9.00. The predicted molar refractivity (Wildman–Crippen MR) is 39.1 cm³/mol. The number of nitrogens with two attached hydrogens (primary N) is 1. The van der Waals surface area contributed by atoms with Crippen molar-refractivity contribution in [2.75, 3.05) is 6.61 Å². The molecule has 3 heteroatoms. The van der Waals surface area contributed by atoms with Gasteiger partial charge in [-0.1, -0.05) is 0 Å². The van der Waals surface area contributed by atoms with Crippen LogP contribution in [0.4, 0.5) is 0 Å². The van der Waals surface area contributed by atoms with Crippen LogP contribution in [0.3, 0.4) is 0 Å². The van der Waals surface area contributed by atoms with Crippen molar-refractivity contribution in [3.63, 3.8) is 0 Å². The van der Waals surface area contributed by atoms with Gasteiger partial charge in [0.05, 0.1) is 0 Å². The Morgan fingerprint density at radius 3 is 2.89 bits per heavy atom. The third kappa shape index (κ3) is 5.88. The van der Waals surface area contributed by atoms with Crippen molar-refractivity contribution in [3.05, 3.63) is 0 Å². The van der Waals surface area contributed by atoms with Crippen molar-refractivity contribution in [2.45, 2.75) is 17.8 Å². The summed E-state index contributed by atoms with van der Waals surface area (Å²) in [6.07, 6.45) is 5.88. The molecule has 0 fully saturated rings. The van der Waals surface area contributed by atoms with E-state index in [1.165, 1.54) is 0 Å². The van der Waals surface area contributed by atoms with Crippen molar-refractivity contribution in [1.29, 1.82) is 0 Å². The van der Waals surface area contributed by atoms with Crippen LogP contribution in [0, 0.1) is 11.2 Å². The van der Waals surface area contributed by atoms with Gasteiger partial charge in [0, 0.05) is 0 Å². The van der Waals surface area contributed by atoms with Crippen molar-refractivity contribution in [1.82, 2.24) is 0 Å². The van der Waals surface area contributed by atoms with Gasteiger partial charge in [0.15, 0.2) is 0 Å². The molecule has 3 N–H and O–H groups in total. The number of rotatable bonds is 4. The molecule has 0 aromatic rings. The van der Waals surface area contributed by atoms with Gasteiger partial charge in [0.2, 0.25) is 0 Å². The first-order chi connectivity index (χ1) is 4.31. The third-order valence-electron chi connectivity index (χ3n) is 0.909. The van der Waals surface area contributed by atoms with Crippen LogP contribution < -0.4 is 5.73 Å². The second-order valence-electron chi connectivity index (χ2n) is 1.70. The number of aliphatic hydroxyl groups is 1. The maximum atomic E-state index is 8.46. The molecule has 1 atom stereocenters. The molecule has 0 radical (unpaired) electrons. The molecule has 0 amide bonds. The van der Waals surface area contributed by atoms with E-state index in [2.05, 4.69) is 4.82 Å². The van der Waals surface area contributed by atoms with Gasteiger partial charge >= 0.3 is 61.4 Å². The van der Waals surface area contributed by atoms with Gasteiger partial charge < -0.3 is 0 Å². The van der Waals surface area contributed by atoms with Crippen LogP contribution >= 0.6 is 0 Å². The number of terminal acetylenes is 1. The minimum atomic E-state index is -0.0692. The summed E-state index contributed by atoms with van der Waals surface area (Å²) in [4.78, 5) is 2.57. The molecule has 0 bridgehead atoms. The molecule has 0 spiro atoms. The fraction of sp³-hybridized carbons (Fsp3) is 0.667. The molecular weight excluding hydrogens is 181 g/mol.